The SMILES string of the molecule is Cc1sccc1NC(C)Cc1ccccc1.O=S(=O)(O)NC1CCCCC1. The van der Waals surface area contributed by atoms with E-state index in [1.807, 2.05) is 0 Å². The van der Waals surface area contributed by atoms with E-state index in [1.165, 1.54) is 22.5 Å². The average Bonchev–Trinajstić information content (AvgIpc) is 3.00. The van der Waals surface area contributed by atoms with Gasteiger partial charge >= 0.3 is 10.3 Å². The van der Waals surface area contributed by atoms with Gasteiger partial charge in [-0.2, -0.15) is 13.1 Å². The number of aryl methyl sites for hydroxylation is 1. The molecule has 0 aliphatic heterocycles. The van der Waals surface area contributed by atoms with Gasteiger partial charge in [0.15, 0.2) is 0 Å². The Morgan fingerprint density at radius 1 is 1.15 bits per heavy atom. The molecule has 150 valence electrons. The molecule has 3 rings (SSSR count). The van der Waals surface area contributed by atoms with Crippen molar-refractivity contribution in [1.82, 2.24) is 4.72 Å². The molecule has 0 saturated heterocycles. The van der Waals surface area contributed by atoms with Gasteiger partial charge in [0.25, 0.3) is 0 Å². The van der Waals surface area contributed by atoms with Crippen molar-refractivity contribution < 1.29 is 13.0 Å². The van der Waals surface area contributed by atoms with E-state index in [4.69, 9.17) is 4.55 Å². The summed E-state index contributed by atoms with van der Waals surface area (Å²) in [5, 5.41) is 5.68. The van der Waals surface area contributed by atoms with Gasteiger partial charge in [-0.25, -0.2) is 0 Å². The molecule has 1 aromatic heterocycles. The van der Waals surface area contributed by atoms with Crippen molar-refractivity contribution >= 4 is 27.3 Å². The molecule has 0 radical (unpaired) electrons. The highest BCUT2D eigenvalue weighted by atomic mass is 32.2. The Balaban J connectivity index is 0.000000208. The number of nitrogens with one attached hydrogen (secondary N) is 2. The van der Waals surface area contributed by atoms with Gasteiger partial charge in [0.2, 0.25) is 0 Å². The van der Waals surface area contributed by atoms with Gasteiger partial charge < -0.3 is 5.32 Å². The second kappa shape index (κ2) is 10.8. The standard InChI is InChI=1S/C14H17NS.C6H13NO3S/c1-11(10-13-6-4-3-5-7-13)15-14-8-9-16-12(14)2;8-11(9,10)7-6-4-2-1-3-5-6/h3-9,11,15H,10H2,1-2H3;6-7H,1-5H2,(H,8,9,10). The van der Waals surface area contributed by atoms with E-state index in [0.717, 1.165) is 32.1 Å². The van der Waals surface area contributed by atoms with Crippen molar-refractivity contribution in [3.63, 3.8) is 0 Å². The Hall–Kier alpha value is -1.41. The fraction of sp³-hybridized carbons (Fsp3) is 0.500. The highest BCUT2D eigenvalue weighted by Gasteiger charge is 2.17. The monoisotopic (exact) mass is 410 g/mol. The molecule has 0 bridgehead atoms. The lowest BCUT2D eigenvalue weighted by Crippen LogP contribution is -2.35. The Labute approximate surface area is 167 Å². The zero-order chi connectivity index (χ0) is 19.7. The van der Waals surface area contributed by atoms with Crippen molar-refractivity contribution in [2.45, 2.75) is 64.5 Å². The van der Waals surface area contributed by atoms with Crippen LogP contribution < -0.4 is 10.0 Å². The molecule has 1 fully saturated rings. The number of hydrogen-bond donors (Lipinski definition) is 3. The molecule has 1 aliphatic rings. The third kappa shape index (κ3) is 8.88. The van der Waals surface area contributed by atoms with Crippen LogP contribution in [0.5, 0.6) is 0 Å². The maximum atomic E-state index is 10.3. The van der Waals surface area contributed by atoms with Crippen LogP contribution in [0.4, 0.5) is 5.69 Å². The third-order valence-electron chi connectivity index (χ3n) is 4.57. The Morgan fingerprint density at radius 3 is 2.37 bits per heavy atom. The van der Waals surface area contributed by atoms with Crippen LogP contribution in [0.15, 0.2) is 41.8 Å². The molecular formula is C20H30N2O3S2. The molecule has 1 atom stereocenters. The minimum absolute atomic E-state index is 0.0428. The number of benzene rings is 1. The predicted octanol–water partition coefficient (Wildman–Crippen LogP) is 4.81. The van der Waals surface area contributed by atoms with E-state index in [1.54, 1.807) is 11.3 Å². The Kier molecular flexibility index (Phi) is 8.76. The summed E-state index contributed by atoms with van der Waals surface area (Å²) in [5.41, 5.74) is 2.66. The van der Waals surface area contributed by atoms with E-state index in [-0.39, 0.29) is 6.04 Å². The summed E-state index contributed by atoms with van der Waals surface area (Å²) in [7, 11) is -3.97. The molecule has 1 heterocycles. The van der Waals surface area contributed by atoms with Gasteiger partial charge in [-0.1, -0.05) is 49.6 Å². The van der Waals surface area contributed by atoms with E-state index < -0.39 is 10.3 Å². The van der Waals surface area contributed by atoms with Crippen LogP contribution >= 0.6 is 11.3 Å². The minimum atomic E-state index is -3.97. The second-order valence-electron chi connectivity index (χ2n) is 7.05. The summed E-state index contributed by atoms with van der Waals surface area (Å²) in [4.78, 5) is 1.36. The van der Waals surface area contributed by atoms with E-state index in [9.17, 15) is 8.42 Å². The van der Waals surface area contributed by atoms with Gasteiger partial charge in [-0.3, -0.25) is 4.55 Å². The molecule has 1 aromatic carbocycles. The Morgan fingerprint density at radius 2 is 1.81 bits per heavy atom. The zero-order valence-corrected chi connectivity index (χ0v) is 17.7. The van der Waals surface area contributed by atoms with Crippen molar-refractivity contribution in [2.24, 2.45) is 0 Å². The van der Waals surface area contributed by atoms with Crippen molar-refractivity contribution in [3.8, 4) is 0 Å². The van der Waals surface area contributed by atoms with Gasteiger partial charge in [0.1, 0.15) is 0 Å². The number of thiophene rings is 1. The molecule has 3 N–H and O–H groups in total. The first-order valence-corrected chi connectivity index (χ1v) is 11.7. The number of anilines is 1. The molecule has 0 spiro atoms. The summed E-state index contributed by atoms with van der Waals surface area (Å²) in [6, 6.07) is 13.2. The highest BCUT2D eigenvalue weighted by molar-refractivity contribution is 7.83. The van der Waals surface area contributed by atoms with Crippen LogP contribution in [-0.4, -0.2) is 25.1 Å². The van der Waals surface area contributed by atoms with E-state index >= 15 is 0 Å². The molecule has 1 saturated carbocycles. The molecule has 0 amide bonds. The van der Waals surface area contributed by atoms with Gasteiger partial charge in [-0.05, 0) is 50.1 Å². The molecular weight excluding hydrogens is 380 g/mol. The summed E-state index contributed by atoms with van der Waals surface area (Å²) in [5.74, 6) is 0. The Bertz CT molecular complexity index is 770. The van der Waals surface area contributed by atoms with Gasteiger partial charge in [-0.15, -0.1) is 11.3 Å². The first kappa shape index (κ1) is 21.9. The smallest absolute Gasteiger partial charge is 0.333 e. The first-order valence-electron chi connectivity index (χ1n) is 9.43. The topological polar surface area (TPSA) is 78.4 Å². The first-order chi connectivity index (χ1) is 12.8. The van der Waals surface area contributed by atoms with Gasteiger partial charge in [0, 0.05) is 22.6 Å². The largest absolute Gasteiger partial charge is 0.381 e. The van der Waals surface area contributed by atoms with Crippen LogP contribution in [0.3, 0.4) is 0 Å². The lowest BCUT2D eigenvalue weighted by molar-refractivity contribution is 0.389. The zero-order valence-electron chi connectivity index (χ0n) is 16.0. The van der Waals surface area contributed by atoms with Crippen LogP contribution in [0.25, 0.3) is 0 Å². The highest BCUT2D eigenvalue weighted by Crippen LogP contribution is 2.22. The summed E-state index contributed by atoms with van der Waals surface area (Å²) in [6.07, 6.45) is 6.03. The normalized spacial score (nSPS) is 16.3. The second-order valence-corrected chi connectivity index (χ2v) is 9.36. The van der Waals surface area contributed by atoms with E-state index in [0.29, 0.717) is 6.04 Å². The van der Waals surface area contributed by atoms with Crippen LogP contribution in [0, 0.1) is 6.92 Å². The van der Waals surface area contributed by atoms with Crippen molar-refractivity contribution in [1.29, 1.82) is 0 Å². The quantitative estimate of drug-likeness (QED) is 0.597. The molecule has 27 heavy (non-hydrogen) atoms. The molecule has 1 aliphatic carbocycles. The fourth-order valence-electron chi connectivity index (χ4n) is 3.25. The van der Waals surface area contributed by atoms with Crippen LogP contribution in [0.1, 0.15) is 49.5 Å². The molecule has 5 nitrogen and oxygen atoms in total. The van der Waals surface area contributed by atoms with Gasteiger partial charge in [0.05, 0.1) is 0 Å². The lowest BCUT2D eigenvalue weighted by atomic mass is 9.96. The predicted molar refractivity (Wildman–Crippen MR) is 114 cm³/mol. The average molecular weight is 411 g/mol. The van der Waals surface area contributed by atoms with Crippen molar-refractivity contribution in [2.75, 3.05) is 5.32 Å². The molecule has 2 aromatic rings. The fourth-order valence-corrected chi connectivity index (χ4v) is 4.57. The maximum Gasteiger partial charge on any atom is 0.333 e. The lowest BCUT2D eigenvalue weighted by Gasteiger charge is -2.20. The molecule has 1 unspecified atom stereocenters. The summed E-state index contributed by atoms with van der Waals surface area (Å²) < 4.78 is 31.3. The van der Waals surface area contributed by atoms with E-state index in [2.05, 4.69) is 65.7 Å². The summed E-state index contributed by atoms with van der Waals surface area (Å²) >= 11 is 1.79. The third-order valence-corrected chi connectivity index (χ3v) is 6.04. The minimum Gasteiger partial charge on any atom is -0.381 e. The van der Waals surface area contributed by atoms with Crippen molar-refractivity contribution in [3.05, 3.63) is 52.2 Å². The van der Waals surface area contributed by atoms with Crippen LogP contribution in [-0.2, 0) is 16.7 Å². The van der Waals surface area contributed by atoms with Crippen LogP contribution in [0.2, 0.25) is 0 Å². The number of hydrogen-bond acceptors (Lipinski definition) is 4. The summed E-state index contributed by atoms with van der Waals surface area (Å²) in [6.45, 7) is 4.38. The molecule has 7 heteroatoms. The number of rotatable bonds is 6. The maximum absolute atomic E-state index is 10.3.